The van der Waals surface area contributed by atoms with Crippen LogP contribution in [0.1, 0.15) is 5.56 Å². The van der Waals surface area contributed by atoms with Crippen molar-refractivity contribution in [2.45, 2.75) is 6.10 Å². The van der Waals surface area contributed by atoms with Gasteiger partial charge in [0, 0.05) is 12.2 Å². The number of carbonyl (C=O) groups is 1. The van der Waals surface area contributed by atoms with Crippen molar-refractivity contribution in [1.29, 1.82) is 5.26 Å². The maximum absolute atomic E-state index is 11.5. The first-order valence-corrected chi connectivity index (χ1v) is 4.93. The Kier molecular flexibility index (Phi) is 2.75. The highest BCUT2D eigenvalue weighted by molar-refractivity contribution is 5.89. The number of hydrogen-bond donors (Lipinski definition) is 1. The maximum Gasteiger partial charge on any atom is 0.414 e. The molecule has 1 amide bonds. The summed E-state index contributed by atoms with van der Waals surface area (Å²) < 4.78 is 5.03. The molecule has 1 aliphatic rings. The normalized spacial score (nSPS) is 19.4. The Morgan fingerprint density at radius 1 is 1.50 bits per heavy atom. The van der Waals surface area contributed by atoms with Crippen molar-refractivity contribution in [3.05, 3.63) is 29.8 Å². The van der Waals surface area contributed by atoms with Crippen LogP contribution in [-0.2, 0) is 4.74 Å². The van der Waals surface area contributed by atoms with E-state index in [1.54, 1.807) is 24.3 Å². The Balaban J connectivity index is 2.19. The van der Waals surface area contributed by atoms with E-state index in [4.69, 9.17) is 15.7 Å². The molecular weight excluding hydrogens is 206 g/mol. The third-order valence-corrected chi connectivity index (χ3v) is 2.45. The van der Waals surface area contributed by atoms with Gasteiger partial charge in [0.1, 0.15) is 6.10 Å². The molecule has 2 N–H and O–H groups in total. The molecule has 5 heteroatoms. The van der Waals surface area contributed by atoms with Gasteiger partial charge in [-0.2, -0.15) is 5.26 Å². The van der Waals surface area contributed by atoms with Crippen molar-refractivity contribution in [3.63, 3.8) is 0 Å². The van der Waals surface area contributed by atoms with E-state index in [0.717, 1.165) is 5.69 Å². The highest BCUT2D eigenvalue weighted by atomic mass is 16.6. The summed E-state index contributed by atoms with van der Waals surface area (Å²) in [6, 6.07) is 8.79. The zero-order chi connectivity index (χ0) is 11.5. The quantitative estimate of drug-likeness (QED) is 0.796. The van der Waals surface area contributed by atoms with Gasteiger partial charge in [-0.05, 0) is 24.3 Å². The molecule has 1 atom stereocenters. The Morgan fingerprint density at radius 2 is 2.19 bits per heavy atom. The van der Waals surface area contributed by atoms with Crippen LogP contribution in [0.15, 0.2) is 24.3 Å². The molecule has 1 saturated heterocycles. The van der Waals surface area contributed by atoms with E-state index in [1.807, 2.05) is 6.07 Å². The van der Waals surface area contributed by atoms with Gasteiger partial charge in [0.25, 0.3) is 0 Å². The summed E-state index contributed by atoms with van der Waals surface area (Å²) in [6.07, 6.45) is -0.636. The lowest BCUT2D eigenvalue weighted by Gasteiger charge is -2.12. The number of nitriles is 1. The molecule has 0 aromatic heterocycles. The third-order valence-electron chi connectivity index (χ3n) is 2.45. The van der Waals surface area contributed by atoms with Crippen LogP contribution < -0.4 is 10.6 Å². The Morgan fingerprint density at radius 3 is 2.69 bits per heavy atom. The molecular formula is C11H11N3O2. The zero-order valence-electron chi connectivity index (χ0n) is 8.59. The predicted octanol–water partition coefficient (Wildman–Crippen LogP) is 0.842. The Hall–Kier alpha value is -2.06. The van der Waals surface area contributed by atoms with Gasteiger partial charge < -0.3 is 10.5 Å². The van der Waals surface area contributed by atoms with Crippen LogP contribution in [0.2, 0.25) is 0 Å². The lowest BCUT2D eigenvalue weighted by atomic mass is 10.2. The molecule has 0 aliphatic carbocycles. The Labute approximate surface area is 93.0 Å². The van der Waals surface area contributed by atoms with Gasteiger partial charge in [0.05, 0.1) is 18.2 Å². The van der Waals surface area contributed by atoms with E-state index in [1.165, 1.54) is 4.90 Å². The van der Waals surface area contributed by atoms with E-state index in [2.05, 4.69) is 0 Å². The van der Waals surface area contributed by atoms with Crippen molar-refractivity contribution >= 4 is 11.8 Å². The number of hydrogen-bond acceptors (Lipinski definition) is 4. The number of nitrogens with two attached hydrogens (primary N) is 1. The van der Waals surface area contributed by atoms with Gasteiger partial charge >= 0.3 is 6.09 Å². The number of benzene rings is 1. The van der Waals surface area contributed by atoms with E-state index in [0.29, 0.717) is 18.7 Å². The minimum absolute atomic E-state index is 0.247. The number of ether oxygens (including phenoxy) is 1. The van der Waals surface area contributed by atoms with Gasteiger partial charge in [0.15, 0.2) is 0 Å². The largest absolute Gasteiger partial charge is 0.443 e. The van der Waals surface area contributed by atoms with Crippen LogP contribution in [-0.4, -0.2) is 25.3 Å². The smallest absolute Gasteiger partial charge is 0.414 e. The molecule has 1 aromatic rings. The van der Waals surface area contributed by atoms with Crippen molar-refractivity contribution in [2.24, 2.45) is 5.73 Å². The summed E-state index contributed by atoms with van der Waals surface area (Å²) in [4.78, 5) is 13.0. The summed E-state index contributed by atoms with van der Waals surface area (Å²) >= 11 is 0. The first kappa shape index (κ1) is 10.5. The molecule has 0 bridgehead atoms. The maximum atomic E-state index is 11.5. The first-order valence-electron chi connectivity index (χ1n) is 4.93. The second-order valence-corrected chi connectivity index (χ2v) is 3.51. The van der Waals surface area contributed by atoms with Gasteiger partial charge in [-0.15, -0.1) is 0 Å². The van der Waals surface area contributed by atoms with E-state index < -0.39 is 0 Å². The molecule has 0 spiro atoms. The van der Waals surface area contributed by atoms with Crippen molar-refractivity contribution < 1.29 is 9.53 Å². The third kappa shape index (κ3) is 1.83. The number of carbonyl (C=O) groups excluding carboxylic acids is 1. The minimum Gasteiger partial charge on any atom is -0.443 e. The van der Waals surface area contributed by atoms with Crippen molar-refractivity contribution in [2.75, 3.05) is 18.0 Å². The molecule has 0 unspecified atom stereocenters. The van der Waals surface area contributed by atoms with E-state index >= 15 is 0 Å². The summed E-state index contributed by atoms with van der Waals surface area (Å²) in [5.74, 6) is 0. The number of anilines is 1. The molecule has 0 radical (unpaired) electrons. The van der Waals surface area contributed by atoms with Crippen molar-refractivity contribution in [3.8, 4) is 6.07 Å². The predicted molar refractivity (Wildman–Crippen MR) is 57.8 cm³/mol. The van der Waals surface area contributed by atoms with Crippen LogP contribution in [0.25, 0.3) is 0 Å². The van der Waals surface area contributed by atoms with Gasteiger partial charge in [-0.1, -0.05) is 0 Å². The fraction of sp³-hybridized carbons (Fsp3) is 0.273. The summed E-state index contributed by atoms with van der Waals surface area (Å²) in [6.45, 7) is 0.778. The SMILES string of the molecule is N#Cc1ccc(N2C[C@H](CN)OC2=O)cc1. The molecule has 5 nitrogen and oxygen atoms in total. The van der Waals surface area contributed by atoms with Gasteiger partial charge in [-0.25, -0.2) is 4.79 Å². The van der Waals surface area contributed by atoms with Gasteiger partial charge in [-0.3, -0.25) is 4.90 Å². The molecule has 1 aliphatic heterocycles. The topological polar surface area (TPSA) is 79.3 Å². The van der Waals surface area contributed by atoms with E-state index in [9.17, 15) is 4.79 Å². The highest BCUT2D eigenvalue weighted by Gasteiger charge is 2.31. The average molecular weight is 217 g/mol. The summed E-state index contributed by atoms with van der Waals surface area (Å²) in [5, 5.41) is 8.65. The monoisotopic (exact) mass is 217 g/mol. The fourth-order valence-electron chi connectivity index (χ4n) is 1.57. The second-order valence-electron chi connectivity index (χ2n) is 3.51. The standard InChI is InChI=1S/C11H11N3O2/c12-5-8-1-3-9(4-2-8)14-7-10(6-13)16-11(14)15/h1-4,10H,6-7,13H2/t10-/m0/s1. The number of rotatable bonds is 2. The van der Waals surface area contributed by atoms with Crippen LogP contribution in [0.5, 0.6) is 0 Å². The minimum atomic E-state index is -0.389. The van der Waals surface area contributed by atoms with Crippen molar-refractivity contribution in [1.82, 2.24) is 0 Å². The zero-order valence-corrected chi connectivity index (χ0v) is 8.59. The Bertz CT molecular complexity index is 436. The summed E-state index contributed by atoms with van der Waals surface area (Å²) in [5.41, 5.74) is 6.72. The number of nitrogens with zero attached hydrogens (tertiary/aromatic N) is 2. The van der Waals surface area contributed by atoms with Crippen LogP contribution >= 0.6 is 0 Å². The lowest BCUT2D eigenvalue weighted by Crippen LogP contribution is -2.27. The fourth-order valence-corrected chi connectivity index (χ4v) is 1.57. The molecule has 1 heterocycles. The second kappa shape index (κ2) is 4.21. The van der Waals surface area contributed by atoms with E-state index in [-0.39, 0.29) is 12.2 Å². The average Bonchev–Trinajstić information content (AvgIpc) is 2.71. The number of cyclic esters (lactones) is 1. The molecule has 1 fully saturated rings. The molecule has 16 heavy (non-hydrogen) atoms. The highest BCUT2D eigenvalue weighted by Crippen LogP contribution is 2.21. The van der Waals surface area contributed by atoms with Crippen LogP contribution in [0.4, 0.5) is 10.5 Å². The molecule has 1 aromatic carbocycles. The lowest BCUT2D eigenvalue weighted by molar-refractivity contribution is 0.145. The number of amides is 1. The molecule has 0 saturated carbocycles. The van der Waals surface area contributed by atoms with Crippen LogP contribution in [0.3, 0.4) is 0 Å². The van der Waals surface area contributed by atoms with Gasteiger partial charge in [0.2, 0.25) is 0 Å². The molecule has 2 rings (SSSR count). The van der Waals surface area contributed by atoms with Crippen LogP contribution in [0, 0.1) is 11.3 Å². The first-order chi connectivity index (χ1) is 7.74. The molecule has 82 valence electrons. The summed E-state index contributed by atoms with van der Waals surface area (Å²) in [7, 11) is 0.